The van der Waals surface area contributed by atoms with Gasteiger partial charge in [0, 0.05) is 18.4 Å². The summed E-state index contributed by atoms with van der Waals surface area (Å²) in [5.74, 6) is 0. The van der Waals surface area contributed by atoms with Gasteiger partial charge in [0.25, 0.3) is 0 Å². The SMILES string of the molecule is C=CCC(N)c1ccncc1. The Labute approximate surface area is 66.8 Å². The molecule has 0 spiro atoms. The van der Waals surface area contributed by atoms with Gasteiger partial charge in [-0.05, 0) is 24.1 Å². The van der Waals surface area contributed by atoms with Crippen LogP contribution in [-0.4, -0.2) is 4.98 Å². The molecule has 0 fully saturated rings. The average molecular weight is 148 g/mol. The fourth-order valence-electron chi connectivity index (χ4n) is 0.926. The van der Waals surface area contributed by atoms with Crippen molar-refractivity contribution in [1.29, 1.82) is 0 Å². The summed E-state index contributed by atoms with van der Waals surface area (Å²) in [4.78, 5) is 3.91. The first kappa shape index (κ1) is 7.95. The molecule has 0 amide bonds. The molecule has 0 aliphatic heterocycles. The Morgan fingerprint density at radius 1 is 1.55 bits per heavy atom. The normalized spacial score (nSPS) is 12.5. The first-order valence-corrected chi connectivity index (χ1v) is 3.61. The first-order valence-electron chi connectivity index (χ1n) is 3.61. The second kappa shape index (κ2) is 3.88. The lowest BCUT2D eigenvalue weighted by molar-refractivity contribution is 0.740. The largest absolute Gasteiger partial charge is 0.324 e. The van der Waals surface area contributed by atoms with Gasteiger partial charge in [-0.3, -0.25) is 4.98 Å². The quantitative estimate of drug-likeness (QED) is 0.662. The van der Waals surface area contributed by atoms with Crippen molar-refractivity contribution in [3.63, 3.8) is 0 Å². The number of aromatic nitrogens is 1. The van der Waals surface area contributed by atoms with E-state index in [2.05, 4.69) is 11.6 Å². The number of rotatable bonds is 3. The molecule has 1 aromatic rings. The summed E-state index contributed by atoms with van der Waals surface area (Å²) in [6.45, 7) is 3.63. The van der Waals surface area contributed by atoms with Crippen molar-refractivity contribution in [3.8, 4) is 0 Å². The topological polar surface area (TPSA) is 38.9 Å². The zero-order valence-corrected chi connectivity index (χ0v) is 6.40. The van der Waals surface area contributed by atoms with Gasteiger partial charge in [-0.25, -0.2) is 0 Å². The van der Waals surface area contributed by atoms with Gasteiger partial charge < -0.3 is 5.73 Å². The van der Waals surface area contributed by atoms with Crippen molar-refractivity contribution in [1.82, 2.24) is 4.98 Å². The van der Waals surface area contributed by atoms with Crippen LogP contribution in [0.2, 0.25) is 0 Å². The molecule has 2 N–H and O–H groups in total. The molecule has 2 heteroatoms. The molecule has 0 saturated heterocycles. The molecule has 1 aromatic heterocycles. The monoisotopic (exact) mass is 148 g/mol. The fraction of sp³-hybridized carbons (Fsp3) is 0.222. The van der Waals surface area contributed by atoms with Crippen LogP contribution in [0.5, 0.6) is 0 Å². The minimum Gasteiger partial charge on any atom is -0.324 e. The van der Waals surface area contributed by atoms with Crippen molar-refractivity contribution >= 4 is 0 Å². The van der Waals surface area contributed by atoms with Crippen molar-refractivity contribution in [3.05, 3.63) is 42.7 Å². The van der Waals surface area contributed by atoms with E-state index >= 15 is 0 Å². The third-order valence-corrected chi connectivity index (χ3v) is 1.55. The Balaban J connectivity index is 2.68. The molecular formula is C9H12N2. The van der Waals surface area contributed by atoms with Gasteiger partial charge in [-0.2, -0.15) is 0 Å². The third kappa shape index (κ3) is 2.16. The van der Waals surface area contributed by atoms with Crippen LogP contribution in [-0.2, 0) is 0 Å². The number of pyridine rings is 1. The van der Waals surface area contributed by atoms with Crippen LogP contribution >= 0.6 is 0 Å². The van der Waals surface area contributed by atoms with Crippen molar-refractivity contribution < 1.29 is 0 Å². The molecule has 1 heterocycles. The standard InChI is InChI=1S/C9H12N2/c1-2-3-9(10)8-4-6-11-7-5-8/h2,4-7,9H,1,3,10H2. The van der Waals surface area contributed by atoms with E-state index in [1.54, 1.807) is 12.4 Å². The Hall–Kier alpha value is -1.15. The van der Waals surface area contributed by atoms with Crippen LogP contribution in [0.25, 0.3) is 0 Å². The smallest absolute Gasteiger partial charge is 0.0330 e. The van der Waals surface area contributed by atoms with Crippen LogP contribution < -0.4 is 5.73 Å². The zero-order chi connectivity index (χ0) is 8.10. The molecule has 0 bridgehead atoms. The molecule has 11 heavy (non-hydrogen) atoms. The van der Waals surface area contributed by atoms with E-state index in [9.17, 15) is 0 Å². The molecule has 1 unspecified atom stereocenters. The molecule has 0 radical (unpaired) electrons. The lowest BCUT2D eigenvalue weighted by atomic mass is 10.1. The summed E-state index contributed by atoms with van der Waals surface area (Å²) in [7, 11) is 0. The summed E-state index contributed by atoms with van der Waals surface area (Å²) < 4.78 is 0. The van der Waals surface area contributed by atoms with Crippen LogP contribution in [0.1, 0.15) is 18.0 Å². The number of hydrogen-bond acceptors (Lipinski definition) is 2. The van der Waals surface area contributed by atoms with Gasteiger partial charge in [-0.1, -0.05) is 6.08 Å². The predicted octanol–water partition coefficient (Wildman–Crippen LogP) is 1.66. The molecule has 1 atom stereocenters. The van der Waals surface area contributed by atoms with Crippen molar-refractivity contribution in [2.45, 2.75) is 12.5 Å². The molecular weight excluding hydrogens is 136 g/mol. The highest BCUT2D eigenvalue weighted by Crippen LogP contribution is 2.11. The molecule has 2 nitrogen and oxygen atoms in total. The molecule has 0 aliphatic rings. The maximum atomic E-state index is 5.81. The second-order valence-corrected chi connectivity index (χ2v) is 2.41. The molecule has 0 aliphatic carbocycles. The Morgan fingerprint density at radius 3 is 2.73 bits per heavy atom. The number of nitrogens with zero attached hydrogens (tertiary/aromatic N) is 1. The molecule has 0 saturated carbocycles. The Morgan fingerprint density at radius 2 is 2.18 bits per heavy atom. The molecule has 0 aromatic carbocycles. The minimum atomic E-state index is 0.0653. The van der Waals surface area contributed by atoms with Gasteiger partial charge in [0.15, 0.2) is 0 Å². The Bertz CT molecular complexity index is 218. The van der Waals surface area contributed by atoms with Gasteiger partial charge in [0.1, 0.15) is 0 Å². The van der Waals surface area contributed by atoms with Gasteiger partial charge >= 0.3 is 0 Å². The number of nitrogens with two attached hydrogens (primary N) is 1. The van der Waals surface area contributed by atoms with Gasteiger partial charge in [-0.15, -0.1) is 6.58 Å². The minimum absolute atomic E-state index is 0.0653. The van der Waals surface area contributed by atoms with Gasteiger partial charge in [0.05, 0.1) is 0 Å². The second-order valence-electron chi connectivity index (χ2n) is 2.41. The highest BCUT2D eigenvalue weighted by atomic mass is 14.6. The third-order valence-electron chi connectivity index (χ3n) is 1.55. The maximum Gasteiger partial charge on any atom is 0.0330 e. The van der Waals surface area contributed by atoms with Crippen LogP contribution in [0, 0.1) is 0 Å². The van der Waals surface area contributed by atoms with E-state index in [1.807, 2.05) is 18.2 Å². The lowest BCUT2D eigenvalue weighted by Crippen LogP contribution is -2.08. The predicted molar refractivity (Wildman–Crippen MR) is 46.0 cm³/mol. The Kier molecular flexibility index (Phi) is 2.81. The summed E-state index contributed by atoms with van der Waals surface area (Å²) in [5, 5.41) is 0. The van der Waals surface area contributed by atoms with Crippen LogP contribution in [0.4, 0.5) is 0 Å². The van der Waals surface area contributed by atoms with Crippen molar-refractivity contribution in [2.24, 2.45) is 5.73 Å². The summed E-state index contributed by atoms with van der Waals surface area (Å²) in [5.41, 5.74) is 6.92. The number of hydrogen-bond donors (Lipinski definition) is 1. The first-order chi connectivity index (χ1) is 5.34. The maximum absolute atomic E-state index is 5.81. The van der Waals surface area contributed by atoms with Crippen LogP contribution in [0.3, 0.4) is 0 Å². The van der Waals surface area contributed by atoms with E-state index in [1.165, 1.54) is 0 Å². The molecule has 58 valence electrons. The highest BCUT2D eigenvalue weighted by Gasteiger charge is 2.00. The van der Waals surface area contributed by atoms with Gasteiger partial charge in [0.2, 0.25) is 0 Å². The molecule has 1 rings (SSSR count). The fourth-order valence-corrected chi connectivity index (χ4v) is 0.926. The lowest BCUT2D eigenvalue weighted by Gasteiger charge is -2.07. The van der Waals surface area contributed by atoms with E-state index in [0.717, 1.165) is 12.0 Å². The summed E-state index contributed by atoms with van der Waals surface area (Å²) >= 11 is 0. The van der Waals surface area contributed by atoms with Crippen LogP contribution in [0.15, 0.2) is 37.2 Å². The zero-order valence-electron chi connectivity index (χ0n) is 6.40. The van der Waals surface area contributed by atoms with E-state index in [-0.39, 0.29) is 6.04 Å². The van der Waals surface area contributed by atoms with E-state index in [0.29, 0.717) is 0 Å². The summed E-state index contributed by atoms with van der Waals surface area (Å²) in [6.07, 6.45) is 6.13. The highest BCUT2D eigenvalue weighted by molar-refractivity contribution is 5.14. The van der Waals surface area contributed by atoms with E-state index < -0.39 is 0 Å². The summed E-state index contributed by atoms with van der Waals surface area (Å²) in [6, 6.07) is 3.91. The average Bonchev–Trinajstić information content (AvgIpc) is 2.07. The van der Waals surface area contributed by atoms with Crippen molar-refractivity contribution in [2.75, 3.05) is 0 Å². The van der Waals surface area contributed by atoms with E-state index in [4.69, 9.17) is 5.73 Å².